The van der Waals surface area contributed by atoms with Crippen LogP contribution in [0, 0.1) is 5.92 Å². The van der Waals surface area contributed by atoms with E-state index in [4.69, 9.17) is 11.6 Å². The Bertz CT molecular complexity index is 379. The molecule has 0 N–H and O–H groups in total. The molecule has 0 heterocycles. The van der Waals surface area contributed by atoms with Gasteiger partial charge in [0.05, 0.1) is 0 Å². The van der Waals surface area contributed by atoms with Crippen LogP contribution >= 0.6 is 11.6 Å². The van der Waals surface area contributed by atoms with Crippen LogP contribution in [0.15, 0.2) is 30.3 Å². The Kier molecular flexibility index (Phi) is 5.75. The SMILES string of the molecule is O=C1CCC(CCC(Cl)C[Se]c2ccccc2)C1. The summed E-state index contributed by atoms with van der Waals surface area (Å²) in [4.78, 5) is 11.2. The fourth-order valence-electron chi connectivity index (χ4n) is 2.34. The Hall–Kier alpha value is -0.301. The summed E-state index contributed by atoms with van der Waals surface area (Å²) < 4.78 is 1.42. The van der Waals surface area contributed by atoms with Crippen molar-refractivity contribution in [1.29, 1.82) is 0 Å². The topological polar surface area (TPSA) is 17.1 Å². The first kappa shape index (κ1) is 14.1. The van der Waals surface area contributed by atoms with Crippen molar-refractivity contribution >= 4 is 36.8 Å². The van der Waals surface area contributed by atoms with E-state index in [0.717, 1.165) is 37.4 Å². The molecule has 1 nitrogen and oxygen atoms in total. The molecule has 18 heavy (non-hydrogen) atoms. The van der Waals surface area contributed by atoms with Gasteiger partial charge in [-0.05, 0) is 0 Å². The van der Waals surface area contributed by atoms with E-state index in [1.165, 1.54) is 4.46 Å². The molecule has 0 radical (unpaired) electrons. The van der Waals surface area contributed by atoms with Crippen molar-refractivity contribution in [3.63, 3.8) is 0 Å². The summed E-state index contributed by atoms with van der Waals surface area (Å²) in [5.41, 5.74) is 0. The molecule has 1 fully saturated rings. The first-order valence-corrected chi connectivity index (χ1v) is 9.08. The number of hydrogen-bond acceptors (Lipinski definition) is 1. The normalized spacial score (nSPS) is 21.2. The van der Waals surface area contributed by atoms with Gasteiger partial charge in [0.25, 0.3) is 0 Å². The van der Waals surface area contributed by atoms with Gasteiger partial charge in [-0.15, -0.1) is 0 Å². The summed E-state index contributed by atoms with van der Waals surface area (Å²) >= 11 is 6.86. The number of ketones is 1. The second-order valence-electron chi connectivity index (χ2n) is 4.95. The molecule has 0 saturated heterocycles. The summed E-state index contributed by atoms with van der Waals surface area (Å²) in [5, 5.41) is 1.38. The number of alkyl halides is 1. The maximum atomic E-state index is 11.2. The standard InChI is InChI=1S/C15H19ClOSe/c16-13(8-6-12-7-9-14(17)10-12)11-18-15-4-2-1-3-5-15/h1-5,12-13H,6-11H2. The van der Waals surface area contributed by atoms with E-state index in [-0.39, 0.29) is 5.38 Å². The molecule has 0 amide bonds. The minimum absolute atomic E-state index is 0.279. The average Bonchev–Trinajstić information content (AvgIpc) is 2.81. The molecule has 2 rings (SSSR count). The second kappa shape index (κ2) is 7.33. The van der Waals surface area contributed by atoms with Crippen LogP contribution in [0.5, 0.6) is 0 Å². The number of carbonyl (C=O) groups excluding carboxylic acids is 1. The Morgan fingerprint density at radius 2 is 2.11 bits per heavy atom. The van der Waals surface area contributed by atoms with E-state index in [2.05, 4.69) is 30.3 Å². The molecule has 0 bridgehead atoms. The number of rotatable bonds is 6. The maximum absolute atomic E-state index is 11.2. The third kappa shape index (κ3) is 4.76. The van der Waals surface area contributed by atoms with Crippen LogP contribution < -0.4 is 4.46 Å². The molecule has 0 aliphatic heterocycles. The number of halogens is 1. The predicted octanol–water partition coefficient (Wildman–Crippen LogP) is 3.19. The summed E-state index contributed by atoms with van der Waals surface area (Å²) in [6, 6.07) is 10.6. The zero-order valence-electron chi connectivity index (χ0n) is 10.5. The van der Waals surface area contributed by atoms with Crippen molar-refractivity contribution < 1.29 is 4.79 Å². The number of carbonyl (C=O) groups is 1. The van der Waals surface area contributed by atoms with Crippen LogP contribution in [0.2, 0.25) is 5.32 Å². The van der Waals surface area contributed by atoms with Crippen LogP contribution in [0.1, 0.15) is 32.1 Å². The molecule has 1 aliphatic carbocycles. The zero-order valence-corrected chi connectivity index (χ0v) is 12.9. The zero-order chi connectivity index (χ0) is 12.8. The van der Waals surface area contributed by atoms with Crippen LogP contribution in [-0.4, -0.2) is 26.1 Å². The molecule has 0 aromatic heterocycles. The van der Waals surface area contributed by atoms with E-state index >= 15 is 0 Å². The van der Waals surface area contributed by atoms with Crippen molar-refractivity contribution in [1.82, 2.24) is 0 Å². The predicted molar refractivity (Wildman–Crippen MR) is 77.9 cm³/mol. The van der Waals surface area contributed by atoms with E-state index in [9.17, 15) is 4.79 Å². The van der Waals surface area contributed by atoms with Gasteiger partial charge in [0.1, 0.15) is 0 Å². The van der Waals surface area contributed by atoms with Crippen molar-refractivity contribution in [2.24, 2.45) is 5.92 Å². The molecule has 2 atom stereocenters. The fourth-order valence-corrected chi connectivity index (χ4v) is 4.66. The van der Waals surface area contributed by atoms with Crippen molar-refractivity contribution in [3.05, 3.63) is 30.3 Å². The van der Waals surface area contributed by atoms with E-state index in [0.29, 0.717) is 26.7 Å². The number of benzene rings is 1. The number of Topliss-reactive ketones (excluding diaryl/α,β-unsaturated/α-hetero) is 1. The molecule has 1 aromatic carbocycles. The Morgan fingerprint density at radius 1 is 1.33 bits per heavy atom. The molecule has 0 spiro atoms. The molecule has 1 aromatic rings. The van der Waals surface area contributed by atoms with Gasteiger partial charge < -0.3 is 0 Å². The third-order valence-electron chi connectivity index (χ3n) is 3.41. The van der Waals surface area contributed by atoms with Crippen LogP contribution in [0.3, 0.4) is 0 Å². The summed E-state index contributed by atoms with van der Waals surface area (Å²) in [6.45, 7) is 0. The summed E-state index contributed by atoms with van der Waals surface area (Å²) in [7, 11) is 0. The average molecular weight is 330 g/mol. The van der Waals surface area contributed by atoms with Gasteiger partial charge in [-0.1, -0.05) is 0 Å². The van der Waals surface area contributed by atoms with Crippen molar-refractivity contribution in [2.75, 3.05) is 0 Å². The summed E-state index contributed by atoms with van der Waals surface area (Å²) in [5.74, 6) is 1.06. The molecule has 2 unspecified atom stereocenters. The molecular formula is C15H19ClOSe. The van der Waals surface area contributed by atoms with Gasteiger partial charge in [-0.25, -0.2) is 0 Å². The van der Waals surface area contributed by atoms with Crippen LogP contribution in [0.4, 0.5) is 0 Å². The first-order valence-electron chi connectivity index (χ1n) is 6.57. The monoisotopic (exact) mass is 330 g/mol. The Morgan fingerprint density at radius 3 is 2.78 bits per heavy atom. The molecule has 1 saturated carbocycles. The van der Waals surface area contributed by atoms with Gasteiger partial charge >= 0.3 is 121 Å². The van der Waals surface area contributed by atoms with Crippen LogP contribution in [0.25, 0.3) is 0 Å². The van der Waals surface area contributed by atoms with Gasteiger partial charge in [0, 0.05) is 0 Å². The summed E-state index contributed by atoms with van der Waals surface area (Å²) in [6.07, 6.45) is 4.88. The molecule has 1 aliphatic rings. The third-order valence-corrected chi connectivity index (χ3v) is 6.66. The van der Waals surface area contributed by atoms with E-state index in [1.807, 2.05) is 0 Å². The fraction of sp³-hybridized carbons (Fsp3) is 0.533. The van der Waals surface area contributed by atoms with Gasteiger partial charge in [0.15, 0.2) is 0 Å². The van der Waals surface area contributed by atoms with Crippen molar-refractivity contribution in [2.45, 2.75) is 42.8 Å². The second-order valence-corrected chi connectivity index (χ2v) is 7.86. The minimum atomic E-state index is 0.279. The molecule has 3 heteroatoms. The van der Waals surface area contributed by atoms with Gasteiger partial charge in [0.2, 0.25) is 0 Å². The van der Waals surface area contributed by atoms with Gasteiger partial charge in [-0.3, -0.25) is 0 Å². The van der Waals surface area contributed by atoms with Crippen molar-refractivity contribution in [3.8, 4) is 0 Å². The van der Waals surface area contributed by atoms with Crippen LogP contribution in [-0.2, 0) is 4.79 Å². The van der Waals surface area contributed by atoms with E-state index < -0.39 is 0 Å². The molecule has 98 valence electrons. The Labute approximate surface area is 120 Å². The first-order chi connectivity index (χ1) is 8.74. The van der Waals surface area contributed by atoms with Gasteiger partial charge in [-0.2, -0.15) is 0 Å². The Balaban J connectivity index is 1.63. The number of hydrogen-bond donors (Lipinski definition) is 0. The van der Waals surface area contributed by atoms with E-state index in [1.54, 1.807) is 0 Å². The quantitative estimate of drug-likeness (QED) is 0.578. The molecular weight excluding hydrogens is 311 g/mol.